The lowest BCUT2D eigenvalue weighted by atomic mass is 9.78. The summed E-state index contributed by atoms with van der Waals surface area (Å²) in [4.78, 5) is 0. The van der Waals surface area contributed by atoms with Gasteiger partial charge >= 0.3 is 0 Å². The molecule has 2 aliphatic rings. The van der Waals surface area contributed by atoms with Crippen LogP contribution in [0.15, 0.2) is 11.6 Å². The molecule has 0 aliphatic heterocycles. The highest BCUT2D eigenvalue weighted by molar-refractivity contribution is 5.14. The molecule has 0 aromatic rings. The standard InChI is InChI=1S/C11H19N/c12-11-7-2-1-4-10(8-11)9-5-3-6-9/h8-9,11H,1-7,12H2. The number of nitrogens with two attached hydrogens (primary N) is 1. The average molecular weight is 165 g/mol. The van der Waals surface area contributed by atoms with Crippen LogP contribution in [0.5, 0.6) is 0 Å². The lowest BCUT2D eigenvalue weighted by molar-refractivity contribution is 0.357. The van der Waals surface area contributed by atoms with Gasteiger partial charge in [0.15, 0.2) is 0 Å². The molecule has 68 valence electrons. The van der Waals surface area contributed by atoms with Crippen LogP contribution < -0.4 is 5.73 Å². The third-order valence-electron chi connectivity index (χ3n) is 3.31. The van der Waals surface area contributed by atoms with Crippen molar-refractivity contribution in [2.75, 3.05) is 0 Å². The molecule has 1 nitrogen and oxygen atoms in total. The van der Waals surface area contributed by atoms with Gasteiger partial charge in [-0.15, -0.1) is 0 Å². The van der Waals surface area contributed by atoms with Crippen LogP contribution in [0.4, 0.5) is 0 Å². The van der Waals surface area contributed by atoms with E-state index < -0.39 is 0 Å². The first-order chi connectivity index (χ1) is 5.86. The summed E-state index contributed by atoms with van der Waals surface area (Å²) < 4.78 is 0. The fraction of sp³-hybridized carbons (Fsp3) is 0.818. The van der Waals surface area contributed by atoms with Gasteiger partial charge in [0.05, 0.1) is 0 Å². The van der Waals surface area contributed by atoms with E-state index in [0.29, 0.717) is 6.04 Å². The van der Waals surface area contributed by atoms with Gasteiger partial charge in [0.25, 0.3) is 0 Å². The Hall–Kier alpha value is -0.300. The third-order valence-corrected chi connectivity index (χ3v) is 3.31. The molecule has 2 N–H and O–H groups in total. The summed E-state index contributed by atoms with van der Waals surface area (Å²) in [7, 11) is 0. The molecule has 2 aliphatic carbocycles. The zero-order chi connectivity index (χ0) is 8.39. The minimum absolute atomic E-state index is 0.364. The molecule has 1 unspecified atom stereocenters. The third kappa shape index (κ3) is 1.71. The molecule has 2 rings (SSSR count). The molecule has 0 aromatic carbocycles. The van der Waals surface area contributed by atoms with Gasteiger partial charge in [-0.25, -0.2) is 0 Å². The number of hydrogen-bond donors (Lipinski definition) is 1. The molecule has 12 heavy (non-hydrogen) atoms. The largest absolute Gasteiger partial charge is 0.324 e. The molecule has 1 atom stereocenters. The molecule has 1 heteroatoms. The van der Waals surface area contributed by atoms with Crippen molar-refractivity contribution in [1.82, 2.24) is 0 Å². The van der Waals surface area contributed by atoms with Crippen LogP contribution in [-0.2, 0) is 0 Å². The van der Waals surface area contributed by atoms with E-state index in [0.717, 1.165) is 5.92 Å². The Bertz CT molecular complexity index is 179. The first kappa shape index (κ1) is 8.31. The van der Waals surface area contributed by atoms with Crippen molar-refractivity contribution in [2.45, 2.75) is 51.0 Å². The van der Waals surface area contributed by atoms with Crippen LogP contribution in [0, 0.1) is 5.92 Å². The van der Waals surface area contributed by atoms with E-state index in [2.05, 4.69) is 6.08 Å². The van der Waals surface area contributed by atoms with E-state index >= 15 is 0 Å². The highest BCUT2D eigenvalue weighted by atomic mass is 14.6. The SMILES string of the molecule is NC1C=C(C2CCC2)CCCC1. The minimum atomic E-state index is 0.364. The fourth-order valence-corrected chi connectivity index (χ4v) is 2.27. The average Bonchev–Trinajstić information content (AvgIpc) is 2.10. The van der Waals surface area contributed by atoms with Crippen molar-refractivity contribution in [2.24, 2.45) is 11.7 Å². The van der Waals surface area contributed by atoms with Crippen molar-refractivity contribution in [3.8, 4) is 0 Å². The molecule has 0 amide bonds. The van der Waals surface area contributed by atoms with Gasteiger partial charge in [0.2, 0.25) is 0 Å². The molecule has 1 fully saturated rings. The van der Waals surface area contributed by atoms with Gasteiger partial charge < -0.3 is 5.73 Å². The monoisotopic (exact) mass is 165 g/mol. The van der Waals surface area contributed by atoms with Gasteiger partial charge in [-0.3, -0.25) is 0 Å². The highest BCUT2D eigenvalue weighted by Gasteiger charge is 2.22. The van der Waals surface area contributed by atoms with E-state index in [1.165, 1.54) is 44.9 Å². The van der Waals surface area contributed by atoms with Crippen LogP contribution in [0.25, 0.3) is 0 Å². The van der Waals surface area contributed by atoms with Crippen LogP contribution in [-0.4, -0.2) is 6.04 Å². The van der Waals surface area contributed by atoms with Crippen molar-refractivity contribution in [1.29, 1.82) is 0 Å². The second-order valence-corrected chi connectivity index (χ2v) is 4.28. The second kappa shape index (κ2) is 3.61. The summed E-state index contributed by atoms with van der Waals surface area (Å²) in [5.74, 6) is 0.925. The van der Waals surface area contributed by atoms with Crippen LogP contribution in [0.2, 0.25) is 0 Å². The fourth-order valence-electron chi connectivity index (χ4n) is 2.27. The van der Waals surface area contributed by atoms with Gasteiger partial charge in [-0.2, -0.15) is 0 Å². The number of allylic oxidation sites excluding steroid dienone is 1. The van der Waals surface area contributed by atoms with Crippen molar-refractivity contribution < 1.29 is 0 Å². The Balaban J connectivity index is 1.99. The molecular formula is C11H19N. The van der Waals surface area contributed by atoms with Gasteiger partial charge in [-0.05, 0) is 38.0 Å². The van der Waals surface area contributed by atoms with E-state index in [4.69, 9.17) is 5.73 Å². The molecular weight excluding hydrogens is 146 g/mol. The predicted molar refractivity (Wildman–Crippen MR) is 51.9 cm³/mol. The maximum atomic E-state index is 5.97. The Morgan fingerprint density at radius 1 is 1.08 bits per heavy atom. The lowest BCUT2D eigenvalue weighted by Gasteiger charge is -2.28. The van der Waals surface area contributed by atoms with Crippen molar-refractivity contribution in [3.05, 3.63) is 11.6 Å². The molecule has 1 saturated carbocycles. The Morgan fingerprint density at radius 3 is 2.58 bits per heavy atom. The summed E-state index contributed by atoms with van der Waals surface area (Å²) in [5.41, 5.74) is 7.65. The summed E-state index contributed by atoms with van der Waals surface area (Å²) in [6.45, 7) is 0. The smallest absolute Gasteiger partial charge is 0.0226 e. The lowest BCUT2D eigenvalue weighted by Crippen LogP contribution is -2.19. The zero-order valence-electron chi connectivity index (χ0n) is 7.76. The first-order valence-corrected chi connectivity index (χ1v) is 5.32. The molecule has 0 saturated heterocycles. The topological polar surface area (TPSA) is 26.0 Å². The summed E-state index contributed by atoms with van der Waals surface area (Å²) in [5, 5.41) is 0. The van der Waals surface area contributed by atoms with E-state index in [1.807, 2.05) is 0 Å². The molecule has 0 bridgehead atoms. The Labute approximate surface area is 75.0 Å². The van der Waals surface area contributed by atoms with E-state index in [-0.39, 0.29) is 0 Å². The normalized spacial score (nSPS) is 32.1. The van der Waals surface area contributed by atoms with Crippen molar-refractivity contribution in [3.63, 3.8) is 0 Å². The Kier molecular flexibility index (Phi) is 2.50. The highest BCUT2D eigenvalue weighted by Crippen LogP contribution is 2.36. The summed E-state index contributed by atoms with van der Waals surface area (Å²) in [6.07, 6.45) is 11.9. The van der Waals surface area contributed by atoms with Gasteiger partial charge in [-0.1, -0.05) is 24.5 Å². The van der Waals surface area contributed by atoms with E-state index in [9.17, 15) is 0 Å². The van der Waals surface area contributed by atoms with Crippen molar-refractivity contribution >= 4 is 0 Å². The molecule has 0 spiro atoms. The predicted octanol–water partition coefficient (Wildman–Crippen LogP) is 2.61. The van der Waals surface area contributed by atoms with Gasteiger partial charge in [0, 0.05) is 6.04 Å². The number of rotatable bonds is 1. The summed E-state index contributed by atoms with van der Waals surface area (Å²) in [6, 6.07) is 0.364. The first-order valence-electron chi connectivity index (χ1n) is 5.32. The van der Waals surface area contributed by atoms with Crippen LogP contribution >= 0.6 is 0 Å². The maximum absolute atomic E-state index is 5.97. The van der Waals surface area contributed by atoms with E-state index in [1.54, 1.807) is 5.57 Å². The zero-order valence-corrected chi connectivity index (χ0v) is 7.76. The molecule has 0 heterocycles. The Morgan fingerprint density at radius 2 is 1.92 bits per heavy atom. The minimum Gasteiger partial charge on any atom is -0.324 e. The maximum Gasteiger partial charge on any atom is 0.0226 e. The summed E-state index contributed by atoms with van der Waals surface area (Å²) >= 11 is 0. The second-order valence-electron chi connectivity index (χ2n) is 4.28. The number of hydrogen-bond acceptors (Lipinski definition) is 1. The molecule has 0 radical (unpaired) electrons. The van der Waals surface area contributed by atoms with Crippen LogP contribution in [0.1, 0.15) is 44.9 Å². The van der Waals surface area contributed by atoms with Crippen LogP contribution in [0.3, 0.4) is 0 Å². The quantitative estimate of drug-likeness (QED) is 0.594. The molecule has 0 aromatic heterocycles. The van der Waals surface area contributed by atoms with Gasteiger partial charge in [0.1, 0.15) is 0 Å².